The molecule has 2 aliphatic rings. The first-order chi connectivity index (χ1) is 16.0. The zero-order valence-corrected chi connectivity index (χ0v) is 19.6. The van der Waals surface area contributed by atoms with Gasteiger partial charge in [0.15, 0.2) is 5.82 Å². The third-order valence-corrected chi connectivity index (χ3v) is 6.72. The van der Waals surface area contributed by atoms with Crippen LogP contribution in [0.4, 0.5) is 21.9 Å². The van der Waals surface area contributed by atoms with E-state index in [-0.39, 0.29) is 6.03 Å². The average molecular weight is 463 g/mol. The highest BCUT2D eigenvalue weighted by molar-refractivity contribution is 6.33. The highest BCUT2D eigenvalue weighted by Gasteiger charge is 2.28. The second-order valence-electron chi connectivity index (χ2n) is 8.66. The number of urea groups is 1. The number of likely N-dealkylation sites (N-methyl/N-ethyl adjacent to an activating group) is 1. The molecule has 0 atom stereocenters. The zero-order chi connectivity index (χ0) is 22.9. The van der Waals surface area contributed by atoms with Crippen molar-refractivity contribution in [2.75, 3.05) is 54.9 Å². The molecule has 3 heterocycles. The Morgan fingerprint density at radius 3 is 2.48 bits per heavy atom. The maximum absolute atomic E-state index is 13.2. The summed E-state index contributed by atoms with van der Waals surface area (Å²) in [4.78, 5) is 28.3. The molecule has 33 heavy (non-hydrogen) atoms. The molecule has 2 amide bonds. The van der Waals surface area contributed by atoms with Crippen LogP contribution in [0, 0.1) is 6.92 Å². The summed E-state index contributed by atoms with van der Waals surface area (Å²) in [5, 5.41) is 3.82. The summed E-state index contributed by atoms with van der Waals surface area (Å²) in [7, 11) is 2.13. The van der Waals surface area contributed by atoms with Gasteiger partial charge in [-0.15, -0.1) is 0 Å². The van der Waals surface area contributed by atoms with Gasteiger partial charge in [-0.3, -0.25) is 4.90 Å². The molecular weight excluding hydrogens is 436 g/mol. The van der Waals surface area contributed by atoms with Gasteiger partial charge in [0.25, 0.3) is 0 Å². The van der Waals surface area contributed by atoms with E-state index in [1.54, 1.807) is 18.5 Å². The van der Waals surface area contributed by atoms with Crippen molar-refractivity contribution in [3.63, 3.8) is 0 Å². The fourth-order valence-corrected chi connectivity index (χ4v) is 4.82. The molecule has 0 saturated carbocycles. The van der Waals surface area contributed by atoms with Crippen LogP contribution in [0.15, 0.2) is 48.8 Å². The lowest BCUT2D eigenvalue weighted by atomic mass is 10.1. The van der Waals surface area contributed by atoms with E-state index in [9.17, 15) is 4.79 Å². The van der Waals surface area contributed by atoms with Crippen LogP contribution in [-0.2, 0) is 6.42 Å². The molecule has 2 aromatic carbocycles. The number of hydrogen-bond acceptors (Lipinski definition) is 5. The number of aryl methyl sites for hydroxylation is 1. The number of piperazine rings is 1. The monoisotopic (exact) mass is 462 g/mol. The number of hydrogen-bond donors (Lipinski definition) is 1. The first-order valence-electron chi connectivity index (χ1n) is 11.2. The summed E-state index contributed by atoms with van der Waals surface area (Å²) in [6.45, 7) is 6.49. The smallest absolute Gasteiger partial charge is 0.326 e. The van der Waals surface area contributed by atoms with Gasteiger partial charge in [0.2, 0.25) is 0 Å². The number of halogens is 1. The lowest BCUT2D eigenvalue weighted by molar-refractivity contribution is 0.257. The van der Waals surface area contributed by atoms with Crippen LogP contribution in [0.25, 0.3) is 11.4 Å². The van der Waals surface area contributed by atoms with Crippen molar-refractivity contribution in [2.24, 2.45) is 0 Å². The second-order valence-corrected chi connectivity index (χ2v) is 9.06. The fraction of sp³-hybridized carbons (Fsp3) is 0.320. The molecule has 0 radical (unpaired) electrons. The third kappa shape index (κ3) is 4.38. The molecule has 3 aromatic rings. The Hall–Kier alpha value is -3.16. The highest BCUT2D eigenvalue weighted by Crippen LogP contribution is 2.38. The standard InChI is InChI=1S/C25H27ClN6O/c1-17-14-19(4-5-20(17)24-27-7-3-8-28-24)29-25(33)32-9-6-18-15-21(26)23(16-22(18)32)31-12-10-30(2)11-13-31/h3-5,7-8,14-16H,6,9-13H2,1-2H3,(H,29,33). The van der Waals surface area contributed by atoms with E-state index in [1.165, 1.54) is 0 Å². The summed E-state index contributed by atoms with van der Waals surface area (Å²) in [5.41, 5.74) is 5.76. The largest absolute Gasteiger partial charge is 0.368 e. The number of benzene rings is 2. The lowest BCUT2D eigenvalue weighted by Gasteiger charge is -2.35. The Kier molecular flexibility index (Phi) is 5.91. The highest BCUT2D eigenvalue weighted by atomic mass is 35.5. The Bertz CT molecular complexity index is 1180. The van der Waals surface area contributed by atoms with Crippen molar-refractivity contribution >= 4 is 34.7 Å². The van der Waals surface area contributed by atoms with E-state index in [2.05, 4.69) is 38.2 Å². The minimum absolute atomic E-state index is 0.136. The number of nitrogens with zero attached hydrogens (tertiary/aromatic N) is 5. The fourth-order valence-electron chi connectivity index (χ4n) is 4.52. The van der Waals surface area contributed by atoms with E-state index in [1.807, 2.05) is 36.1 Å². The van der Waals surface area contributed by atoms with Gasteiger partial charge in [-0.1, -0.05) is 11.6 Å². The molecular formula is C25H27ClN6O. The normalized spacial score (nSPS) is 16.1. The van der Waals surface area contributed by atoms with Crippen molar-refractivity contribution in [3.8, 4) is 11.4 Å². The number of carbonyl (C=O) groups is 1. The van der Waals surface area contributed by atoms with Gasteiger partial charge in [0, 0.05) is 56.4 Å². The molecule has 5 rings (SSSR count). The van der Waals surface area contributed by atoms with Crippen molar-refractivity contribution in [2.45, 2.75) is 13.3 Å². The quantitative estimate of drug-likeness (QED) is 0.623. The molecule has 0 unspecified atom stereocenters. The number of anilines is 3. The predicted octanol–water partition coefficient (Wildman–Crippen LogP) is 4.45. The van der Waals surface area contributed by atoms with Gasteiger partial charge in [-0.05, 0) is 67.9 Å². The number of rotatable bonds is 3. The average Bonchev–Trinajstić information content (AvgIpc) is 3.22. The van der Waals surface area contributed by atoms with Crippen LogP contribution in [0.5, 0.6) is 0 Å². The zero-order valence-electron chi connectivity index (χ0n) is 18.9. The molecule has 1 fully saturated rings. The summed E-state index contributed by atoms with van der Waals surface area (Å²) in [6, 6.07) is 11.6. The van der Waals surface area contributed by atoms with Crippen molar-refractivity contribution in [3.05, 3.63) is 64.9 Å². The lowest BCUT2D eigenvalue weighted by Crippen LogP contribution is -2.44. The van der Waals surface area contributed by atoms with Crippen LogP contribution in [0.3, 0.4) is 0 Å². The first-order valence-corrected chi connectivity index (χ1v) is 11.6. The van der Waals surface area contributed by atoms with E-state index in [0.717, 1.165) is 71.4 Å². The molecule has 8 heteroatoms. The van der Waals surface area contributed by atoms with Gasteiger partial charge in [0.1, 0.15) is 0 Å². The molecule has 170 valence electrons. The first kappa shape index (κ1) is 21.7. The van der Waals surface area contributed by atoms with E-state index in [0.29, 0.717) is 12.4 Å². The minimum atomic E-state index is -0.136. The molecule has 0 aliphatic carbocycles. The summed E-state index contributed by atoms with van der Waals surface area (Å²) in [6.07, 6.45) is 4.25. The number of fused-ring (bicyclic) bond motifs is 1. The van der Waals surface area contributed by atoms with Crippen molar-refractivity contribution < 1.29 is 4.79 Å². The van der Waals surface area contributed by atoms with Crippen LogP contribution in [-0.4, -0.2) is 60.7 Å². The number of nitrogens with one attached hydrogen (secondary N) is 1. The molecule has 1 N–H and O–H groups in total. The minimum Gasteiger partial charge on any atom is -0.368 e. The van der Waals surface area contributed by atoms with E-state index >= 15 is 0 Å². The summed E-state index contributed by atoms with van der Waals surface area (Å²) < 4.78 is 0. The molecule has 1 aromatic heterocycles. The molecule has 0 spiro atoms. The number of amides is 2. The maximum atomic E-state index is 13.2. The van der Waals surface area contributed by atoms with Crippen molar-refractivity contribution in [1.29, 1.82) is 0 Å². The van der Waals surface area contributed by atoms with Gasteiger partial charge < -0.3 is 15.1 Å². The molecule has 1 saturated heterocycles. The molecule has 2 aliphatic heterocycles. The second kappa shape index (κ2) is 9.00. The SMILES string of the molecule is Cc1cc(NC(=O)N2CCc3cc(Cl)c(N4CCN(C)CC4)cc32)ccc1-c1ncccn1. The van der Waals surface area contributed by atoms with Crippen LogP contribution < -0.4 is 15.1 Å². The number of carbonyl (C=O) groups excluding carboxylic acids is 1. The Balaban J connectivity index is 1.35. The maximum Gasteiger partial charge on any atom is 0.326 e. The van der Waals surface area contributed by atoms with Gasteiger partial charge >= 0.3 is 6.03 Å². The van der Waals surface area contributed by atoms with Crippen LogP contribution in [0.2, 0.25) is 5.02 Å². The predicted molar refractivity (Wildman–Crippen MR) is 133 cm³/mol. The molecule has 0 bridgehead atoms. The van der Waals surface area contributed by atoms with E-state index in [4.69, 9.17) is 11.6 Å². The third-order valence-electron chi connectivity index (χ3n) is 6.42. The Labute approximate surface area is 199 Å². The Morgan fingerprint density at radius 2 is 1.76 bits per heavy atom. The van der Waals surface area contributed by atoms with Gasteiger partial charge in [-0.2, -0.15) is 0 Å². The van der Waals surface area contributed by atoms with Crippen molar-refractivity contribution in [1.82, 2.24) is 14.9 Å². The summed E-state index contributed by atoms with van der Waals surface area (Å²) in [5.74, 6) is 0.676. The topological polar surface area (TPSA) is 64.6 Å². The molecule has 7 nitrogen and oxygen atoms in total. The van der Waals surface area contributed by atoms with Crippen LogP contribution in [0.1, 0.15) is 11.1 Å². The number of aromatic nitrogens is 2. The van der Waals surface area contributed by atoms with E-state index < -0.39 is 0 Å². The van der Waals surface area contributed by atoms with Gasteiger partial charge in [0.05, 0.1) is 16.4 Å². The van der Waals surface area contributed by atoms with Gasteiger partial charge in [-0.25, -0.2) is 14.8 Å². The van der Waals surface area contributed by atoms with Crippen LogP contribution >= 0.6 is 11.6 Å². The Morgan fingerprint density at radius 1 is 1.00 bits per heavy atom. The summed E-state index contributed by atoms with van der Waals surface area (Å²) >= 11 is 6.63.